The summed E-state index contributed by atoms with van der Waals surface area (Å²) in [7, 11) is -6.23. The Bertz CT molecular complexity index is 4320. The fourth-order valence-corrected chi connectivity index (χ4v) is 17.4. The number of nitrogens with zero attached hydrogens (tertiary/aromatic N) is 4. The predicted molar refractivity (Wildman–Crippen MR) is 380 cm³/mol. The molecule has 8 aromatic carbocycles. The Morgan fingerprint density at radius 2 is 0.942 bits per heavy atom. The highest BCUT2D eigenvalue weighted by Crippen LogP contribution is 2.53. The van der Waals surface area contributed by atoms with Gasteiger partial charge in [0.15, 0.2) is 5.69 Å². The largest absolute Gasteiger partial charge is 0.330 e. The second-order valence-corrected chi connectivity index (χ2v) is 48.0. The minimum atomic E-state index is -1.60. The Kier molecular flexibility index (Phi) is 15.0. The second-order valence-electron chi connectivity index (χ2n) is 27.7. The zero-order chi connectivity index (χ0) is 60.5. The molecule has 0 radical (unpaired) electrons. The van der Waals surface area contributed by atoms with E-state index in [1.807, 2.05) is 30.3 Å². The van der Waals surface area contributed by atoms with Crippen molar-refractivity contribution in [2.24, 2.45) is 5.92 Å². The number of benzene rings is 8. The van der Waals surface area contributed by atoms with Gasteiger partial charge in [0.05, 0.1) is 67.9 Å². The molecule has 0 bridgehead atoms. The molecule has 0 aromatic heterocycles. The molecule has 12 rings (SSSR count). The van der Waals surface area contributed by atoms with E-state index in [9.17, 15) is 5.26 Å². The fourth-order valence-electron chi connectivity index (χ4n) is 12.7. The van der Waals surface area contributed by atoms with Crippen molar-refractivity contribution in [2.75, 3.05) is 9.80 Å². The number of hydrogen-bond donors (Lipinski definition) is 0. The first kappa shape index (κ1) is 57.8. The molecule has 0 N–H and O–H groups in total. The van der Waals surface area contributed by atoms with Crippen molar-refractivity contribution in [3.8, 4) is 50.6 Å². The normalized spacial score (nSPS) is 16.3. The molecule has 0 fully saturated rings. The summed E-state index contributed by atoms with van der Waals surface area (Å²) in [5, 5.41) is 16.2. The molecule has 0 saturated heterocycles. The zero-order valence-electron chi connectivity index (χ0n) is 51.9. The van der Waals surface area contributed by atoms with Gasteiger partial charge in [-0.2, -0.15) is 5.26 Å². The van der Waals surface area contributed by atoms with Crippen LogP contribution in [0.15, 0.2) is 264 Å². The Labute approximate surface area is 515 Å². The van der Waals surface area contributed by atoms with Gasteiger partial charge in [-0.15, -0.1) is 0 Å². The molecule has 4 aliphatic rings. The first-order chi connectivity index (χ1) is 41.0. The summed E-state index contributed by atoms with van der Waals surface area (Å²) in [4.78, 5) is 8.89. The molecule has 0 saturated carbocycles. The van der Waals surface area contributed by atoms with Gasteiger partial charge in [0, 0.05) is 34.1 Å². The van der Waals surface area contributed by atoms with Crippen LogP contribution in [0.1, 0.15) is 5.56 Å². The van der Waals surface area contributed by atoms with Crippen molar-refractivity contribution < 1.29 is 0 Å². The lowest BCUT2D eigenvalue weighted by Crippen LogP contribution is -2.38. The van der Waals surface area contributed by atoms with E-state index in [1.165, 1.54) is 59.7 Å². The molecule has 424 valence electrons. The first-order valence-corrected chi connectivity index (χ1v) is 44.3. The molecule has 4 nitrogen and oxygen atoms in total. The number of allylic oxidation sites excluding steroid dienone is 10. The summed E-state index contributed by atoms with van der Waals surface area (Å²) in [5.74, 6) is -0.0833. The van der Waals surface area contributed by atoms with Gasteiger partial charge >= 0.3 is 0 Å². The van der Waals surface area contributed by atoms with Crippen molar-refractivity contribution in [1.29, 1.82) is 5.26 Å². The highest BCUT2D eigenvalue weighted by atomic mass is 28.3. The Hall–Kier alpha value is -8.61. The molecule has 86 heavy (non-hydrogen) atoms. The summed E-state index contributed by atoms with van der Waals surface area (Å²) >= 11 is 0. The highest BCUT2D eigenvalue weighted by molar-refractivity contribution is 6.90. The average molecular weight is 1180 g/mol. The standard InChI is InChI=1S/C78H76N4Si4/c1-80-62-17-15-19-64(51-62)82(76-47-33-61(55-22-36-66(37-23-55)84(5,6)7)50-72(76)57-26-40-68(41-27-57)86(11,12)13)74-45-31-59-28-42-69-73(44-30-58-29-43-70(74)78(59)77(58)69)81(63-18-14-16-53(48-63)52-79)75-46-32-60(54-20-34-65(35-21-54)83(2,3)4)49-71(75)56-24-38-67(39-25-56)85(8,9)10/h14-51,73,78H,2-13H3. The smallest absolute Gasteiger partial charge is 0.189 e. The maximum absolute atomic E-state index is 10.5. The lowest BCUT2D eigenvalue weighted by Gasteiger charge is -2.44. The van der Waals surface area contributed by atoms with Gasteiger partial charge < -0.3 is 9.80 Å². The van der Waals surface area contributed by atoms with Gasteiger partial charge in [0.1, 0.15) is 0 Å². The van der Waals surface area contributed by atoms with E-state index in [0.29, 0.717) is 11.3 Å². The third-order valence-corrected chi connectivity index (χ3v) is 26.0. The zero-order valence-corrected chi connectivity index (χ0v) is 55.9. The van der Waals surface area contributed by atoms with Crippen LogP contribution in [-0.2, 0) is 0 Å². The third kappa shape index (κ3) is 11.2. The van der Waals surface area contributed by atoms with Gasteiger partial charge in [0.25, 0.3) is 0 Å². The Morgan fingerprint density at radius 1 is 0.453 bits per heavy atom. The number of nitriles is 1. The van der Waals surface area contributed by atoms with E-state index in [0.717, 1.165) is 61.8 Å². The molecular formula is C78H76N4Si4. The number of rotatable bonds is 14. The summed E-state index contributed by atoms with van der Waals surface area (Å²) in [6, 6.07) is 69.7. The molecule has 0 amide bonds. The van der Waals surface area contributed by atoms with Gasteiger partial charge in [-0.3, -0.25) is 0 Å². The van der Waals surface area contributed by atoms with Crippen molar-refractivity contribution in [3.05, 3.63) is 281 Å². The average Bonchev–Trinajstić information content (AvgIpc) is 0.812. The molecule has 0 aliphatic heterocycles. The van der Waals surface area contributed by atoms with Crippen LogP contribution in [0.2, 0.25) is 78.6 Å². The predicted octanol–water partition coefficient (Wildman–Crippen LogP) is 19.0. The SMILES string of the molecule is [C-]#[N+]c1cccc(N(C2=C3C=CC4=C5C(=CC=C(C=C2)C35)C(N(c2cccc(C#N)c2)c2ccc(-c3ccc([Si](C)(C)C)cc3)cc2-c2ccc([Si](C)(C)C)cc2)C=C4)c2ccc(-c3ccc([Si](C)(C)C)cc3)cc2-c2ccc([Si](C)(C)C)cc2)c1. The van der Waals surface area contributed by atoms with Crippen LogP contribution in [0.3, 0.4) is 0 Å². The topological polar surface area (TPSA) is 34.6 Å². The number of anilines is 4. The van der Waals surface area contributed by atoms with E-state index < -0.39 is 32.3 Å². The minimum Gasteiger partial charge on any atom is -0.330 e. The molecule has 8 heteroatoms. The van der Waals surface area contributed by atoms with Gasteiger partial charge in [-0.1, -0.05) is 269 Å². The van der Waals surface area contributed by atoms with Crippen LogP contribution < -0.4 is 30.5 Å². The lowest BCUT2D eigenvalue weighted by molar-refractivity contribution is 0.773. The molecule has 4 aliphatic carbocycles. The molecule has 0 heterocycles. The maximum atomic E-state index is 10.5. The van der Waals surface area contributed by atoms with Gasteiger partial charge in [-0.25, -0.2) is 4.85 Å². The van der Waals surface area contributed by atoms with Crippen LogP contribution in [-0.4, -0.2) is 38.3 Å². The van der Waals surface area contributed by atoms with Crippen LogP contribution in [0.4, 0.5) is 28.4 Å². The summed E-state index contributed by atoms with van der Waals surface area (Å²) in [6.07, 6.45) is 18.7. The van der Waals surface area contributed by atoms with Gasteiger partial charge in [0.2, 0.25) is 0 Å². The number of hydrogen-bond acceptors (Lipinski definition) is 3. The van der Waals surface area contributed by atoms with E-state index >= 15 is 0 Å². The van der Waals surface area contributed by atoms with Crippen LogP contribution >= 0.6 is 0 Å². The van der Waals surface area contributed by atoms with Gasteiger partial charge in [-0.05, 0) is 122 Å². The first-order valence-electron chi connectivity index (χ1n) is 30.3. The maximum Gasteiger partial charge on any atom is 0.189 e. The fraction of sp³-hybridized carbons (Fsp3) is 0.179. The molecule has 2 unspecified atom stereocenters. The summed E-state index contributed by atoms with van der Waals surface area (Å²) in [5.41, 5.74) is 21.6. The van der Waals surface area contributed by atoms with Crippen molar-refractivity contribution in [3.63, 3.8) is 0 Å². The van der Waals surface area contributed by atoms with Crippen molar-refractivity contribution in [2.45, 2.75) is 84.6 Å². The Balaban J connectivity index is 1.02. The lowest BCUT2D eigenvalue weighted by atomic mass is 9.67. The van der Waals surface area contributed by atoms with E-state index in [-0.39, 0.29) is 12.0 Å². The molecule has 0 spiro atoms. The van der Waals surface area contributed by atoms with E-state index in [4.69, 9.17) is 6.57 Å². The minimum absolute atomic E-state index is 0.0833. The summed E-state index contributed by atoms with van der Waals surface area (Å²) < 4.78 is 0. The molecule has 8 aromatic rings. The Morgan fingerprint density at radius 3 is 1.47 bits per heavy atom. The summed E-state index contributed by atoms with van der Waals surface area (Å²) in [6.45, 7) is 37.1. The monoisotopic (exact) mass is 1180 g/mol. The third-order valence-electron chi connectivity index (χ3n) is 17.7. The van der Waals surface area contributed by atoms with E-state index in [2.05, 4.69) is 300 Å². The van der Waals surface area contributed by atoms with Crippen LogP contribution in [0, 0.1) is 23.8 Å². The van der Waals surface area contributed by atoms with Crippen LogP contribution in [0.5, 0.6) is 0 Å². The quantitative estimate of drug-likeness (QED) is 0.0804. The second kappa shape index (κ2) is 22.3. The molecular weight excluding hydrogens is 1110 g/mol. The van der Waals surface area contributed by atoms with E-state index in [1.54, 1.807) is 0 Å². The molecule has 2 atom stereocenters. The highest BCUT2D eigenvalue weighted by Gasteiger charge is 2.41. The van der Waals surface area contributed by atoms with Crippen molar-refractivity contribution >= 4 is 81.5 Å². The van der Waals surface area contributed by atoms with Crippen LogP contribution in [0.25, 0.3) is 49.4 Å². The van der Waals surface area contributed by atoms with Crippen molar-refractivity contribution in [1.82, 2.24) is 0 Å².